The first kappa shape index (κ1) is 17.4. The number of aromatic nitrogens is 2. The van der Waals surface area contributed by atoms with Gasteiger partial charge in [-0.3, -0.25) is 9.97 Å². The molecule has 0 radical (unpaired) electrons. The van der Waals surface area contributed by atoms with Gasteiger partial charge in [-0.25, -0.2) is 4.79 Å². The molecule has 1 atom stereocenters. The van der Waals surface area contributed by atoms with Crippen molar-refractivity contribution >= 4 is 11.7 Å². The van der Waals surface area contributed by atoms with Crippen LogP contribution in [0.1, 0.15) is 24.9 Å². The summed E-state index contributed by atoms with van der Waals surface area (Å²) in [6, 6.07) is 14.2. The Labute approximate surface area is 152 Å². The maximum Gasteiger partial charge on any atom is 0.319 e. The van der Waals surface area contributed by atoms with Crippen LogP contribution >= 0.6 is 0 Å². The van der Waals surface area contributed by atoms with Gasteiger partial charge in [-0.15, -0.1) is 0 Å². The largest absolute Gasteiger partial charge is 0.457 e. The summed E-state index contributed by atoms with van der Waals surface area (Å²) in [7, 11) is 0. The number of amides is 2. The molecule has 132 valence electrons. The molecular weight excluding hydrogens is 328 g/mol. The number of rotatable bonds is 6. The molecule has 3 rings (SSSR count). The Morgan fingerprint density at radius 3 is 2.38 bits per heavy atom. The van der Waals surface area contributed by atoms with Crippen molar-refractivity contribution in [3.63, 3.8) is 0 Å². The van der Waals surface area contributed by atoms with Gasteiger partial charge in [0.15, 0.2) is 0 Å². The number of nitrogens with one attached hydrogen (secondary N) is 2. The number of carbonyl (C=O) groups excluding carboxylic acids is 1. The summed E-state index contributed by atoms with van der Waals surface area (Å²) >= 11 is 0. The number of pyridine rings is 2. The van der Waals surface area contributed by atoms with Gasteiger partial charge in [0.2, 0.25) is 0 Å². The Bertz CT molecular complexity index is 841. The van der Waals surface area contributed by atoms with E-state index in [2.05, 4.69) is 20.6 Å². The van der Waals surface area contributed by atoms with Crippen LogP contribution in [0.2, 0.25) is 0 Å². The van der Waals surface area contributed by atoms with Gasteiger partial charge in [0.1, 0.15) is 11.5 Å². The highest BCUT2D eigenvalue weighted by molar-refractivity contribution is 5.89. The number of urea groups is 1. The minimum Gasteiger partial charge on any atom is -0.457 e. The van der Waals surface area contributed by atoms with Crippen molar-refractivity contribution in [2.24, 2.45) is 0 Å². The third-order valence-corrected chi connectivity index (χ3v) is 3.80. The first-order chi connectivity index (χ1) is 12.7. The molecule has 2 amide bonds. The molecular formula is C20H20N4O2. The van der Waals surface area contributed by atoms with Crippen LogP contribution in [0.3, 0.4) is 0 Å². The van der Waals surface area contributed by atoms with E-state index in [0.29, 0.717) is 17.2 Å². The van der Waals surface area contributed by atoms with Crippen LogP contribution < -0.4 is 15.4 Å². The van der Waals surface area contributed by atoms with Crippen molar-refractivity contribution in [1.82, 2.24) is 15.3 Å². The Balaban J connectivity index is 1.63. The Hall–Kier alpha value is -3.41. The van der Waals surface area contributed by atoms with Gasteiger partial charge < -0.3 is 15.4 Å². The zero-order chi connectivity index (χ0) is 18.2. The van der Waals surface area contributed by atoms with E-state index in [1.165, 1.54) is 0 Å². The third kappa shape index (κ3) is 4.80. The molecule has 0 bridgehead atoms. The van der Waals surface area contributed by atoms with Crippen LogP contribution in [0.25, 0.3) is 0 Å². The van der Waals surface area contributed by atoms with E-state index >= 15 is 0 Å². The molecule has 6 heteroatoms. The lowest BCUT2D eigenvalue weighted by Crippen LogP contribution is -2.32. The molecule has 0 aliphatic heterocycles. The van der Waals surface area contributed by atoms with Gasteiger partial charge in [0.05, 0.1) is 6.04 Å². The van der Waals surface area contributed by atoms with E-state index in [1.54, 1.807) is 43.0 Å². The molecule has 3 aromatic rings. The lowest BCUT2D eigenvalue weighted by atomic mass is 10.1. The topological polar surface area (TPSA) is 76.1 Å². The maximum atomic E-state index is 12.3. The lowest BCUT2D eigenvalue weighted by Gasteiger charge is -2.18. The summed E-state index contributed by atoms with van der Waals surface area (Å²) in [4.78, 5) is 20.3. The summed E-state index contributed by atoms with van der Waals surface area (Å²) in [5, 5.41) is 5.82. The standard InChI is InChI=1S/C20H20N4O2/c1-2-19(15-6-10-21-11-7-15)24-20(25)23-16-4-3-5-18(14-16)26-17-8-12-22-13-9-17/h3-14,19H,2H2,1H3,(H2,23,24,25)/t19-/m0/s1. The van der Waals surface area contributed by atoms with Crippen molar-refractivity contribution in [3.05, 3.63) is 78.9 Å². The molecule has 0 aliphatic carbocycles. The minimum atomic E-state index is -0.269. The van der Waals surface area contributed by atoms with Crippen molar-refractivity contribution < 1.29 is 9.53 Å². The minimum absolute atomic E-state index is 0.0748. The Kier molecular flexibility index (Phi) is 5.77. The predicted molar refractivity (Wildman–Crippen MR) is 100 cm³/mol. The van der Waals surface area contributed by atoms with Crippen LogP contribution in [0, 0.1) is 0 Å². The lowest BCUT2D eigenvalue weighted by molar-refractivity contribution is 0.248. The number of carbonyl (C=O) groups is 1. The second kappa shape index (κ2) is 8.62. The highest BCUT2D eigenvalue weighted by Crippen LogP contribution is 2.23. The van der Waals surface area contributed by atoms with E-state index in [9.17, 15) is 4.79 Å². The normalized spacial score (nSPS) is 11.4. The van der Waals surface area contributed by atoms with Gasteiger partial charge in [0, 0.05) is 36.5 Å². The summed E-state index contributed by atoms with van der Waals surface area (Å²) in [6.07, 6.45) is 7.54. The van der Waals surface area contributed by atoms with Crippen LogP contribution in [0.4, 0.5) is 10.5 Å². The first-order valence-corrected chi connectivity index (χ1v) is 8.40. The molecule has 2 aromatic heterocycles. The van der Waals surface area contributed by atoms with Gasteiger partial charge in [0.25, 0.3) is 0 Å². The second-order valence-corrected chi connectivity index (χ2v) is 5.65. The van der Waals surface area contributed by atoms with Gasteiger partial charge >= 0.3 is 6.03 Å². The highest BCUT2D eigenvalue weighted by atomic mass is 16.5. The molecule has 0 aliphatic rings. The van der Waals surface area contributed by atoms with E-state index in [0.717, 1.165) is 12.0 Å². The quantitative estimate of drug-likeness (QED) is 0.685. The van der Waals surface area contributed by atoms with Crippen LogP contribution in [0.5, 0.6) is 11.5 Å². The van der Waals surface area contributed by atoms with Gasteiger partial charge in [-0.2, -0.15) is 0 Å². The Morgan fingerprint density at radius 1 is 1.00 bits per heavy atom. The van der Waals surface area contributed by atoms with E-state index in [4.69, 9.17) is 4.74 Å². The number of nitrogens with zero attached hydrogens (tertiary/aromatic N) is 2. The second-order valence-electron chi connectivity index (χ2n) is 5.65. The summed E-state index contributed by atoms with van der Waals surface area (Å²) in [5.74, 6) is 1.32. The molecule has 1 aromatic carbocycles. The van der Waals surface area contributed by atoms with Crippen LogP contribution in [-0.4, -0.2) is 16.0 Å². The molecule has 2 heterocycles. The smallest absolute Gasteiger partial charge is 0.319 e. The summed E-state index contributed by atoms with van der Waals surface area (Å²) in [6.45, 7) is 2.02. The fourth-order valence-electron chi connectivity index (χ4n) is 2.52. The van der Waals surface area contributed by atoms with Crippen molar-refractivity contribution in [2.45, 2.75) is 19.4 Å². The third-order valence-electron chi connectivity index (χ3n) is 3.80. The molecule has 26 heavy (non-hydrogen) atoms. The summed E-state index contributed by atoms with van der Waals surface area (Å²) in [5.41, 5.74) is 1.67. The van der Waals surface area contributed by atoms with E-state index in [1.807, 2.05) is 37.3 Å². The molecule has 0 saturated heterocycles. The maximum absolute atomic E-state index is 12.3. The number of anilines is 1. The predicted octanol–water partition coefficient (Wildman–Crippen LogP) is 4.54. The number of benzene rings is 1. The van der Waals surface area contributed by atoms with E-state index < -0.39 is 0 Å². The zero-order valence-corrected chi connectivity index (χ0v) is 14.4. The monoisotopic (exact) mass is 348 g/mol. The van der Waals surface area contributed by atoms with Crippen molar-refractivity contribution in [2.75, 3.05) is 5.32 Å². The fourth-order valence-corrected chi connectivity index (χ4v) is 2.52. The van der Waals surface area contributed by atoms with Crippen molar-refractivity contribution in [1.29, 1.82) is 0 Å². The molecule has 0 fully saturated rings. The fraction of sp³-hybridized carbons (Fsp3) is 0.150. The Morgan fingerprint density at radius 2 is 1.69 bits per heavy atom. The molecule has 0 saturated carbocycles. The molecule has 2 N–H and O–H groups in total. The van der Waals surface area contributed by atoms with Crippen LogP contribution in [-0.2, 0) is 0 Å². The van der Waals surface area contributed by atoms with E-state index in [-0.39, 0.29) is 12.1 Å². The van der Waals surface area contributed by atoms with Crippen LogP contribution in [0.15, 0.2) is 73.3 Å². The van der Waals surface area contributed by atoms with Gasteiger partial charge in [-0.1, -0.05) is 13.0 Å². The molecule has 0 spiro atoms. The van der Waals surface area contributed by atoms with Crippen molar-refractivity contribution in [3.8, 4) is 11.5 Å². The zero-order valence-electron chi connectivity index (χ0n) is 14.4. The SMILES string of the molecule is CC[C@H](NC(=O)Nc1cccc(Oc2ccncc2)c1)c1ccncc1. The number of ether oxygens (including phenoxy) is 1. The number of hydrogen-bond donors (Lipinski definition) is 2. The number of hydrogen-bond acceptors (Lipinski definition) is 4. The average Bonchev–Trinajstić information content (AvgIpc) is 2.68. The first-order valence-electron chi connectivity index (χ1n) is 8.40. The van der Waals surface area contributed by atoms with Gasteiger partial charge in [-0.05, 0) is 48.4 Å². The highest BCUT2D eigenvalue weighted by Gasteiger charge is 2.12. The molecule has 6 nitrogen and oxygen atoms in total. The summed E-state index contributed by atoms with van der Waals surface area (Å²) < 4.78 is 5.75. The average molecular weight is 348 g/mol. The molecule has 0 unspecified atom stereocenters.